The van der Waals surface area contributed by atoms with Crippen LogP contribution in [0.5, 0.6) is 6.01 Å². The van der Waals surface area contributed by atoms with Gasteiger partial charge >= 0.3 is 6.01 Å². The third kappa shape index (κ3) is 7.13. The summed E-state index contributed by atoms with van der Waals surface area (Å²) in [5.74, 6) is 0.942. The molecule has 0 bridgehead atoms. The number of piperazine rings is 1. The minimum absolute atomic E-state index is 0.0146. The van der Waals surface area contributed by atoms with Gasteiger partial charge in [0.1, 0.15) is 12.4 Å². The molecule has 43 heavy (non-hydrogen) atoms. The van der Waals surface area contributed by atoms with Crippen LogP contribution in [0.3, 0.4) is 0 Å². The molecule has 3 saturated heterocycles. The number of rotatable bonds is 9. The van der Waals surface area contributed by atoms with Gasteiger partial charge in [-0.05, 0) is 70.7 Å². The molecular weight excluding hydrogens is 544 g/mol. The lowest BCUT2D eigenvalue weighted by atomic mass is 10.1. The number of carbonyl (C=O) groups is 1. The number of amides is 1. The quantitative estimate of drug-likeness (QED) is 0.405. The monoisotopic (exact) mass is 590 g/mol. The number of likely N-dealkylation sites (tertiary alicyclic amines) is 1. The lowest BCUT2D eigenvalue weighted by molar-refractivity contribution is -0.168. The molecule has 10 nitrogen and oxygen atoms in total. The van der Waals surface area contributed by atoms with E-state index >= 15 is 0 Å². The van der Waals surface area contributed by atoms with Crippen LogP contribution < -0.4 is 14.5 Å². The normalized spacial score (nSPS) is 23.1. The predicted molar refractivity (Wildman–Crippen MR) is 166 cm³/mol. The molecule has 0 radical (unpaired) electrons. The third-order valence-corrected chi connectivity index (χ3v) is 9.28. The van der Waals surface area contributed by atoms with E-state index in [1.54, 1.807) is 0 Å². The van der Waals surface area contributed by atoms with Crippen LogP contribution in [0.2, 0.25) is 0 Å². The van der Waals surface area contributed by atoms with E-state index in [-0.39, 0.29) is 12.2 Å². The number of ether oxygens (including phenoxy) is 3. The molecule has 5 heterocycles. The highest BCUT2D eigenvalue weighted by Gasteiger charge is 2.29. The largest absolute Gasteiger partial charge is 0.462 e. The molecule has 1 aromatic carbocycles. The van der Waals surface area contributed by atoms with Crippen LogP contribution in [0, 0.1) is 0 Å². The first kappa shape index (κ1) is 29.8. The summed E-state index contributed by atoms with van der Waals surface area (Å²) in [5, 5.41) is 0. The van der Waals surface area contributed by atoms with Crippen molar-refractivity contribution in [3.05, 3.63) is 53.7 Å². The Morgan fingerprint density at radius 3 is 2.65 bits per heavy atom. The molecule has 232 valence electrons. The molecule has 4 aliphatic heterocycles. The Morgan fingerprint density at radius 1 is 1.02 bits per heavy atom. The average Bonchev–Trinajstić information content (AvgIpc) is 3.34. The van der Waals surface area contributed by atoms with Crippen LogP contribution in [0.1, 0.15) is 55.3 Å². The van der Waals surface area contributed by atoms with Crippen LogP contribution in [0.25, 0.3) is 0 Å². The van der Waals surface area contributed by atoms with Gasteiger partial charge < -0.3 is 33.8 Å². The van der Waals surface area contributed by atoms with E-state index < -0.39 is 0 Å². The van der Waals surface area contributed by atoms with E-state index in [0.717, 1.165) is 88.4 Å². The van der Waals surface area contributed by atoms with Crippen molar-refractivity contribution in [2.75, 3.05) is 69.3 Å². The van der Waals surface area contributed by atoms with Crippen molar-refractivity contribution in [3.8, 4) is 6.01 Å². The number of anilines is 2. The molecule has 0 spiro atoms. The van der Waals surface area contributed by atoms with Gasteiger partial charge in [0.05, 0.1) is 18.8 Å². The first-order valence-electron chi connectivity index (χ1n) is 16.0. The zero-order valence-electron chi connectivity index (χ0n) is 25.6. The molecular formula is C33H46N6O4. The van der Waals surface area contributed by atoms with E-state index in [2.05, 4.69) is 52.6 Å². The third-order valence-electron chi connectivity index (χ3n) is 9.28. The maximum atomic E-state index is 12.2. The van der Waals surface area contributed by atoms with Crippen LogP contribution in [0.4, 0.5) is 11.5 Å². The van der Waals surface area contributed by atoms with Crippen molar-refractivity contribution in [3.63, 3.8) is 0 Å². The summed E-state index contributed by atoms with van der Waals surface area (Å²) in [6.45, 7) is 11.0. The molecule has 0 saturated carbocycles. The van der Waals surface area contributed by atoms with Crippen molar-refractivity contribution < 1.29 is 19.0 Å². The summed E-state index contributed by atoms with van der Waals surface area (Å²) in [7, 11) is 2.16. The van der Waals surface area contributed by atoms with Crippen LogP contribution >= 0.6 is 0 Å². The molecule has 6 rings (SSSR count). The fraction of sp³-hybridized carbons (Fsp3) is 0.606. The Bertz CT molecular complexity index is 1260. The van der Waals surface area contributed by atoms with Gasteiger partial charge in [0.25, 0.3) is 0 Å². The van der Waals surface area contributed by atoms with Crippen molar-refractivity contribution in [2.24, 2.45) is 0 Å². The number of hydrogen-bond donors (Lipinski definition) is 0. The number of nitrogens with zero attached hydrogens (tertiary/aromatic N) is 6. The first-order valence-corrected chi connectivity index (χ1v) is 16.0. The number of carbonyl (C=O) groups excluding carboxylic acids is 1. The fourth-order valence-electron chi connectivity index (χ4n) is 6.72. The summed E-state index contributed by atoms with van der Waals surface area (Å²) in [4.78, 5) is 31.3. The van der Waals surface area contributed by atoms with Crippen LogP contribution in [0.15, 0.2) is 36.9 Å². The smallest absolute Gasteiger partial charge is 0.318 e. The molecule has 2 atom stereocenters. The number of hydrogen-bond acceptors (Lipinski definition) is 9. The molecule has 0 N–H and O–H groups in total. The highest BCUT2D eigenvalue weighted by atomic mass is 16.7. The maximum Gasteiger partial charge on any atom is 0.318 e. The van der Waals surface area contributed by atoms with Crippen LogP contribution in [-0.2, 0) is 33.8 Å². The fourth-order valence-corrected chi connectivity index (χ4v) is 6.72. The summed E-state index contributed by atoms with van der Waals surface area (Å²) in [5.41, 5.74) is 4.56. The number of aromatic nitrogens is 2. The highest BCUT2D eigenvalue weighted by molar-refractivity contribution is 5.87. The summed E-state index contributed by atoms with van der Waals surface area (Å²) >= 11 is 0. The number of para-hydroxylation sites is 1. The van der Waals surface area contributed by atoms with Gasteiger partial charge in [-0.15, -0.1) is 0 Å². The van der Waals surface area contributed by atoms with Gasteiger partial charge in [0, 0.05) is 62.2 Å². The van der Waals surface area contributed by atoms with Gasteiger partial charge in [-0.2, -0.15) is 9.97 Å². The molecule has 3 fully saturated rings. The standard InChI is InChI=1S/C33H46N6O4/c1-3-30(40)37-17-19-38(20-18-37)32-27-12-9-16-39(22-28(27)34-33(35-32)43-24-26-11-8-15-36(26)2)29-13-5-4-10-25(29)23-42-31-14-6-7-21-41-31/h3-5,10,13,26,31H,1,6-9,11-12,14-24H2,2H3/t26-,31?/m0/s1. The molecule has 1 amide bonds. The minimum Gasteiger partial charge on any atom is -0.462 e. The molecule has 10 heteroatoms. The Hall–Kier alpha value is -3.21. The summed E-state index contributed by atoms with van der Waals surface area (Å²) < 4.78 is 18.4. The van der Waals surface area contributed by atoms with Gasteiger partial charge in [-0.3, -0.25) is 4.79 Å². The lowest BCUT2D eigenvalue weighted by Crippen LogP contribution is -2.49. The maximum absolute atomic E-state index is 12.2. The Balaban J connectivity index is 1.25. The number of fused-ring (bicyclic) bond motifs is 1. The molecule has 2 aromatic rings. The number of likely N-dealkylation sites (N-methyl/N-ethyl adjacent to an activating group) is 1. The zero-order valence-corrected chi connectivity index (χ0v) is 25.6. The molecule has 0 aliphatic carbocycles. The zero-order chi connectivity index (χ0) is 29.6. The average molecular weight is 591 g/mol. The van der Waals surface area contributed by atoms with E-state index in [0.29, 0.717) is 44.9 Å². The van der Waals surface area contributed by atoms with Gasteiger partial charge in [-0.1, -0.05) is 24.8 Å². The predicted octanol–water partition coefficient (Wildman–Crippen LogP) is 3.78. The first-order chi connectivity index (χ1) is 21.1. The van der Waals surface area contributed by atoms with E-state index in [4.69, 9.17) is 24.2 Å². The Labute approximate surface area is 255 Å². The second-order valence-electron chi connectivity index (χ2n) is 12.1. The van der Waals surface area contributed by atoms with Gasteiger partial charge in [0.2, 0.25) is 5.91 Å². The van der Waals surface area contributed by atoms with Crippen molar-refractivity contribution in [2.45, 2.75) is 70.4 Å². The Morgan fingerprint density at radius 2 is 1.88 bits per heavy atom. The van der Waals surface area contributed by atoms with Gasteiger partial charge in [0.15, 0.2) is 6.29 Å². The second-order valence-corrected chi connectivity index (χ2v) is 12.1. The second kappa shape index (κ2) is 14.1. The highest BCUT2D eigenvalue weighted by Crippen LogP contribution is 2.33. The van der Waals surface area contributed by atoms with Crippen molar-refractivity contribution in [1.82, 2.24) is 19.8 Å². The van der Waals surface area contributed by atoms with Crippen molar-refractivity contribution in [1.29, 1.82) is 0 Å². The number of benzene rings is 1. The molecule has 4 aliphatic rings. The summed E-state index contributed by atoms with van der Waals surface area (Å²) in [6, 6.07) is 9.37. The van der Waals surface area contributed by atoms with E-state index in [1.807, 2.05) is 4.90 Å². The lowest BCUT2D eigenvalue weighted by Gasteiger charge is -2.36. The van der Waals surface area contributed by atoms with Crippen molar-refractivity contribution >= 4 is 17.4 Å². The molecule has 1 aromatic heterocycles. The minimum atomic E-state index is -0.122. The molecule has 1 unspecified atom stereocenters. The van der Waals surface area contributed by atoms with Gasteiger partial charge in [-0.25, -0.2) is 0 Å². The van der Waals surface area contributed by atoms with E-state index in [9.17, 15) is 4.79 Å². The Kier molecular flexibility index (Phi) is 9.75. The van der Waals surface area contributed by atoms with E-state index in [1.165, 1.54) is 23.7 Å². The summed E-state index contributed by atoms with van der Waals surface area (Å²) in [6.07, 6.45) is 8.71. The topological polar surface area (TPSA) is 83.5 Å². The van der Waals surface area contributed by atoms with Crippen LogP contribution in [-0.4, -0.2) is 97.5 Å². The SMILES string of the molecule is C=CC(=O)N1CCN(c2nc(OC[C@@H]3CCCN3C)nc3c2CCCN(c2ccccc2COC2CCCCO2)C3)CC1.